The molecule has 6 nitrogen and oxygen atoms in total. The third kappa shape index (κ3) is 2.34. The average molecular weight is 239 g/mol. The maximum absolute atomic E-state index is 10.4. The number of nitro groups is 1. The molecule has 0 spiro atoms. The van der Waals surface area contributed by atoms with Crippen molar-refractivity contribution in [3.63, 3.8) is 0 Å². The van der Waals surface area contributed by atoms with Crippen LogP contribution in [0, 0.1) is 10.1 Å². The molecule has 0 aliphatic heterocycles. The van der Waals surface area contributed by atoms with Crippen LogP contribution in [0.5, 0.6) is 0 Å². The van der Waals surface area contributed by atoms with Crippen molar-refractivity contribution in [3.05, 3.63) is 51.7 Å². The Kier molecular flexibility index (Phi) is 2.82. The van der Waals surface area contributed by atoms with E-state index in [1.54, 1.807) is 22.9 Å². The molecule has 0 saturated heterocycles. The van der Waals surface area contributed by atoms with Gasteiger partial charge in [-0.25, -0.2) is 0 Å². The first-order valence-corrected chi connectivity index (χ1v) is 4.79. The summed E-state index contributed by atoms with van der Waals surface area (Å²) in [5.74, 6) is -0.179. The van der Waals surface area contributed by atoms with E-state index < -0.39 is 4.92 Å². The van der Waals surface area contributed by atoms with E-state index in [0.29, 0.717) is 11.6 Å². The standard InChI is InChI=1S/C9H7ClN4O2/c10-7-1-2-11-8(3-7)4-13-5-9(12-6-13)14(15)16/h1-3,5-6H,4H2. The second kappa shape index (κ2) is 4.28. The van der Waals surface area contributed by atoms with Crippen LogP contribution in [-0.2, 0) is 6.54 Å². The van der Waals surface area contributed by atoms with Gasteiger partial charge in [0.2, 0.25) is 6.33 Å². The van der Waals surface area contributed by atoms with Gasteiger partial charge in [-0.3, -0.25) is 4.98 Å². The molecule has 0 radical (unpaired) electrons. The van der Waals surface area contributed by atoms with Crippen LogP contribution in [0.25, 0.3) is 0 Å². The lowest BCUT2D eigenvalue weighted by atomic mass is 10.3. The van der Waals surface area contributed by atoms with Gasteiger partial charge in [0.1, 0.15) is 6.20 Å². The van der Waals surface area contributed by atoms with Crippen LogP contribution < -0.4 is 0 Å². The van der Waals surface area contributed by atoms with Crippen LogP contribution in [0.3, 0.4) is 0 Å². The minimum absolute atomic E-state index is 0.179. The van der Waals surface area contributed by atoms with Crippen LogP contribution in [-0.4, -0.2) is 19.5 Å². The van der Waals surface area contributed by atoms with Crippen LogP contribution >= 0.6 is 11.6 Å². The second-order valence-corrected chi connectivity index (χ2v) is 3.56. The molecule has 0 bridgehead atoms. The molecule has 0 aliphatic rings. The first-order valence-electron chi connectivity index (χ1n) is 4.42. The number of hydrogen-bond donors (Lipinski definition) is 0. The number of aromatic nitrogens is 3. The smallest absolute Gasteiger partial charge is 0.358 e. The van der Waals surface area contributed by atoms with Crippen molar-refractivity contribution in [3.8, 4) is 0 Å². The van der Waals surface area contributed by atoms with Crippen molar-refractivity contribution in [2.75, 3.05) is 0 Å². The molecule has 0 N–H and O–H groups in total. The Morgan fingerprint density at radius 1 is 1.50 bits per heavy atom. The van der Waals surface area contributed by atoms with E-state index >= 15 is 0 Å². The summed E-state index contributed by atoms with van der Waals surface area (Å²) in [7, 11) is 0. The maximum Gasteiger partial charge on any atom is 0.381 e. The quantitative estimate of drug-likeness (QED) is 0.605. The van der Waals surface area contributed by atoms with Gasteiger partial charge < -0.3 is 14.7 Å². The maximum atomic E-state index is 10.4. The Morgan fingerprint density at radius 2 is 2.31 bits per heavy atom. The molecular weight excluding hydrogens is 232 g/mol. The van der Waals surface area contributed by atoms with Crippen LogP contribution in [0.1, 0.15) is 5.69 Å². The minimum atomic E-state index is -0.540. The Bertz CT molecular complexity index is 526. The minimum Gasteiger partial charge on any atom is -0.358 e. The molecule has 2 aromatic rings. The molecule has 2 aromatic heterocycles. The van der Waals surface area contributed by atoms with Gasteiger partial charge in [-0.15, -0.1) is 0 Å². The molecule has 0 atom stereocenters. The van der Waals surface area contributed by atoms with Crippen molar-refractivity contribution in [1.29, 1.82) is 0 Å². The van der Waals surface area contributed by atoms with Gasteiger partial charge >= 0.3 is 5.82 Å². The Labute approximate surface area is 95.7 Å². The van der Waals surface area contributed by atoms with Gasteiger partial charge in [0, 0.05) is 11.2 Å². The van der Waals surface area contributed by atoms with Crippen LogP contribution in [0.2, 0.25) is 5.02 Å². The predicted molar refractivity (Wildman–Crippen MR) is 57.2 cm³/mol. The first-order chi connectivity index (χ1) is 7.65. The van der Waals surface area contributed by atoms with E-state index in [1.165, 1.54) is 12.5 Å². The van der Waals surface area contributed by atoms with Crippen LogP contribution in [0.4, 0.5) is 5.82 Å². The lowest BCUT2D eigenvalue weighted by molar-refractivity contribution is -0.389. The predicted octanol–water partition coefficient (Wildman–Crippen LogP) is 1.89. The average Bonchev–Trinajstić information content (AvgIpc) is 2.66. The van der Waals surface area contributed by atoms with Gasteiger partial charge in [0.05, 0.1) is 12.2 Å². The molecule has 0 aromatic carbocycles. The largest absolute Gasteiger partial charge is 0.381 e. The van der Waals surface area contributed by atoms with Crippen molar-refractivity contribution < 1.29 is 4.92 Å². The molecule has 7 heteroatoms. The number of pyridine rings is 1. The molecule has 0 unspecified atom stereocenters. The highest BCUT2D eigenvalue weighted by Crippen LogP contribution is 2.11. The van der Waals surface area contributed by atoms with E-state index in [1.807, 2.05) is 0 Å². The third-order valence-corrected chi connectivity index (χ3v) is 2.16. The van der Waals surface area contributed by atoms with E-state index in [2.05, 4.69) is 9.97 Å². The summed E-state index contributed by atoms with van der Waals surface area (Å²) in [4.78, 5) is 17.6. The summed E-state index contributed by atoms with van der Waals surface area (Å²) in [6.45, 7) is 0.404. The van der Waals surface area contributed by atoms with E-state index in [9.17, 15) is 10.1 Å². The zero-order chi connectivity index (χ0) is 11.5. The zero-order valence-electron chi connectivity index (χ0n) is 8.08. The molecule has 0 aliphatic carbocycles. The molecule has 0 amide bonds. The second-order valence-electron chi connectivity index (χ2n) is 3.13. The van der Waals surface area contributed by atoms with Gasteiger partial charge in [-0.1, -0.05) is 11.6 Å². The fourth-order valence-electron chi connectivity index (χ4n) is 1.25. The Morgan fingerprint density at radius 3 is 2.94 bits per heavy atom. The summed E-state index contributed by atoms with van der Waals surface area (Å²) in [5.41, 5.74) is 0.722. The van der Waals surface area contributed by atoms with Crippen molar-refractivity contribution in [1.82, 2.24) is 14.5 Å². The summed E-state index contributed by atoms with van der Waals surface area (Å²) < 4.78 is 1.58. The van der Waals surface area contributed by atoms with E-state index in [4.69, 9.17) is 11.6 Å². The summed E-state index contributed by atoms with van der Waals surface area (Å²) in [6, 6.07) is 3.37. The van der Waals surface area contributed by atoms with Gasteiger partial charge in [0.25, 0.3) is 0 Å². The number of halogens is 1. The topological polar surface area (TPSA) is 73.8 Å². The van der Waals surface area contributed by atoms with E-state index in [-0.39, 0.29) is 5.82 Å². The summed E-state index contributed by atoms with van der Waals surface area (Å²) in [6.07, 6.45) is 4.33. The number of imidazole rings is 1. The summed E-state index contributed by atoms with van der Waals surface area (Å²) >= 11 is 5.79. The molecule has 2 rings (SSSR count). The fraction of sp³-hybridized carbons (Fsp3) is 0.111. The number of nitrogens with zero attached hydrogens (tertiary/aromatic N) is 4. The number of hydrogen-bond acceptors (Lipinski definition) is 4. The lowest BCUT2D eigenvalue weighted by Gasteiger charge is -1.99. The normalized spacial score (nSPS) is 10.3. The van der Waals surface area contributed by atoms with Crippen molar-refractivity contribution in [2.24, 2.45) is 0 Å². The Hall–Kier alpha value is -1.95. The van der Waals surface area contributed by atoms with Crippen molar-refractivity contribution in [2.45, 2.75) is 6.54 Å². The van der Waals surface area contributed by atoms with Gasteiger partial charge in [-0.05, 0) is 22.0 Å². The van der Waals surface area contributed by atoms with Gasteiger partial charge in [-0.2, -0.15) is 0 Å². The highest BCUT2D eigenvalue weighted by molar-refractivity contribution is 6.30. The molecule has 0 saturated carbocycles. The Balaban J connectivity index is 2.17. The molecule has 2 heterocycles. The zero-order valence-corrected chi connectivity index (χ0v) is 8.83. The lowest BCUT2D eigenvalue weighted by Crippen LogP contribution is -1.98. The monoisotopic (exact) mass is 238 g/mol. The van der Waals surface area contributed by atoms with Gasteiger partial charge in [0.15, 0.2) is 0 Å². The molecular formula is C9H7ClN4O2. The van der Waals surface area contributed by atoms with E-state index in [0.717, 1.165) is 5.69 Å². The SMILES string of the molecule is O=[N+]([O-])c1cn(Cc2cc(Cl)ccn2)cn1. The molecule has 0 fully saturated rings. The van der Waals surface area contributed by atoms with Crippen LogP contribution in [0.15, 0.2) is 30.9 Å². The van der Waals surface area contributed by atoms with Crippen molar-refractivity contribution >= 4 is 17.4 Å². The highest BCUT2D eigenvalue weighted by atomic mass is 35.5. The molecule has 16 heavy (non-hydrogen) atoms. The highest BCUT2D eigenvalue weighted by Gasteiger charge is 2.09. The third-order valence-electron chi connectivity index (χ3n) is 1.93. The fourth-order valence-corrected chi connectivity index (χ4v) is 1.43. The number of rotatable bonds is 3. The summed E-state index contributed by atoms with van der Waals surface area (Å²) in [5, 5.41) is 11.0. The molecule has 82 valence electrons. The first kappa shape index (κ1) is 10.6.